The zero-order chi connectivity index (χ0) is 18.2. The van der Waals surface area contributed by atoms with E-state index >= 15 is 0 Å². The highest BCUT2D eigenvalue weighted by Crippen LogP contribution is 2.27. The number of carbonyl (C=O) groups excluding carboxylic acids is 1. The minimum atomic E-state index is -0.594. The number of amides is 1. The van der Waals surface area contributed by atoms with E-state index in [-0.39, 0.29) is 22.8 Å². The lowest BCUT2D eigenvalue weighted by molar-refractivity contribution is -0.118. The average molecular weight is 365 g/mol. The number of aromatic amines is 1. The van der Waals surface area contributed by atoms with Gasteiger partial charge in [-0.2, -0.15) is 9.97 Å². The van der Waals surface area contributed by atoms with E-state index in [1.807, 2.05) is 18.2 Å². The molecule has 25 heavy (non-hydrogen) atoms. The van der Waals surface area contributed by atoms with Crippen LogP contribution in [0.2, 0.25) is 0 Å². The summed E-state index contributed by atoms with van der Waals surface area (Å²) in [4.78, 5) is 32.7. The maximum absolute atomic E-state index is 11.9. The second-order valence-electron chi connectivity index (χ2n) is 4.90. The van der Waals surface area contributed by atoms with Crippen LogP contribution in [0.4, 0.5) is 5.95 Å². The standard InChI is InChI=1S/C15H19N5O4S/c1-23-10-4-3-9(7-11(10)24-2)5-6-17-12(21)8-25-15-19-13(16)18-14(22)20-15/h3-4,7H,5-6,8H2,1-2H3,(H,17,21)(H3,16,18,19,20,22). The molecule has 0 spiro atoms. The molecular formula is C15H19N5O4S. The second kappa shape index (κ2) is 8.92. The van der Waals surface area contributed by atoms with E-state index in [0.29, 0.717) is 24.5 Å². The lowest BCUT2D eigenvalue weighted by Crippen LogP contribution is -2.27. The van der Waals surface area contributed by atoms with Gasteiger partial charge in [0, 0.05) is 6.54 Å². The van der Waals surface area contributed by atoms with Gasteiger partial charge in [0.05, 0.1) is 20.0 Å². The number of aromatic nitrogens is 3. The third-order valence-corrected chi connectivity index (χ3v) is 4.01. The van der Waals surface area contributed by atoms with Gasteiger partial charge in [-0.25, -0.2) is 4.79 Å². The Morgan fingerprint density at radius 1 is 1.28 bits per heavy atom. The molecule has 0 aliphatic carbocycles. The molecule has 10 heteroatoms. The van der Waals surface area contributed by atoms with Crippen LogP contribution >= 0.6 is 11.8 Å². The summed E-state index contributed by atoms with van der Waals surface area (Å²) < 4.78 is 10.4. The summed E-state index contributed by atoms with van der Waals surface area (Å²) in [6, 6.07) is 5.60. The van der Waals surface area contributed by atoms with Crippen LogP contribution in [-0.4, -0.2) is 47.4 Å². The Bertz CT molecular complexity index is 796. The first kappa shape index (κ1) is 18.6. The SMILES string of the molecule is COc1ccc(CCNC(=O)CSc2nc(N)[nH]c(=O)n2)cc1OC. The number of hydrogen-bond donors (Lipinski definition) is 3. The number of H-pyrrole nitrogens is 1. The molecule has 0 radical (unpaired) electrons. The van der Waals surface area contributed by atoms with Gasteiger partial charge in [0.15, 0.2) is 16.7 Å². The summed E-state index contributed by atoms with van der Waals surface area (Å²) in [5, 5.41) is 2.96. The van der Waals surface area contributed by atoms with Crippen molar-refractivity contribution in [2.45, 2.75) is 11.6 Å². The molecule has 0 fully saturated rings. The van der Waals surface area contributed by atoms with Crippen LogP contribution < -0.4 is 26.2 Å². The van der Waals surface area contributed by atoms with Gasteiger partial charge in [0.1, 0.15) is 0 Å². The fourth-order valence-corrected chi connectivity index (χ4v) is 2.68. The van der Waals surface area contributed by atoms with Crippen molar-refractivity contribution in [3.8, 4) is 11.5 Å². The maximum atomic E-state index is 11.9. The van der Waals surface area contributed by atoms with Crippen molar-refractivity contribution in [2.75, 3.05) is 32.3 Å². The van der Waals surface area contributed by atoms with Crippen molar-refractivity contribution in [2.24, 2.45) is 0 Å². The minimum Gasteiger partial charge on any atom is -0.493 e. The van der Waals surface area contributed by atoms with E-state index in [4.69, 9.17) is 15.2 Å². The van der Waals surface area contributed by atoms with Crippen LogP contribution in [0.25, 0.3) is 0 Å². The number of ether oxygens (including phenoxy) is 2. The number of nitrogens with two attached hydrogens (primary N) is 1. The molecule has 1 aromatic heterocycles. The van der Waals surface area contributed by atoms with Crippen molar-refractivity contribution in [1.29, 1.82) is 0 Å². The summed E-state index contributed by atoms with van der Waals surface area (Å²) in [5.74, 6) is 1.17. The number of benzene rings is 1. The summed E-state index contributed by atoms with van der Waals surface area (Å²) in [5.41, 5.74) is 5.83. The number of nitrogens with one attached hydrogen (secondary N) is 2. The summed E-state index contributed by atoms with van der Waals surface area (Å²) in [6.45, 7) is 0.466. The van der Waals surface area contributed by atoms with Crippen molar-refractivity contribution in [3.05, 3.63) is 34.2 Å². The largest absolute Gasteiger partial charge is 0.493 e. The number of thioether (sulfide) groups is 1. The molecule has 2 aromatic rings. The van der Waals surface area contributed by atoms with Gasteiger partial charge < -0.3 is 20.5 Å². The van der Waals surface area contributed by atoms with Gasteiger partial charge in [-0.15, -0.1) is 0 Å². The highest BCUT2D eigenvalue weighted by atomic mass is 32.2. The Balaban J connectivity index is 1.79. The normalized spacial score (nSPS) is 10.3. The second-order valence-corrected chi connectivity index (χ2v) is 5.84. The number of hydrogen-bond acceptors (Lipinski definition) is 8. The van der Waals surface area contributed by atoms with Gasteiger partial charge in [-0.3, -0.25) is 9.78 Å². The smallest absolute Gasteiger partial charge is 0.350 e. The van der Waals surface area contributed by atoms with E-state index in [9.17, 15) is 9.59 Å². The van der Waals surface area contributed by atoms with Crippen LogP contribution in [0.15, 0.2) is 28.2 Å². The maximum Gasteiger partial charge on any atom is 0.350 e. The fraction of sp³-hybridized carbons (Fsp3) is 0.333. The summed E-state index contributed by atoms with van der Waals surface area (Å²) in [7, 11) is 3.15. The Kier molecular flexibility index (Phi) is 6.63. The predicted molar refractivity (Wildman–Crippen MR) is 94.0 cm³/mol. The average Bonchev–Trinajstić information content (AvgIpc) is 2.59. The predicted octanol–water partition coefficient (Wildman–Crippen LogP) is 0.215. The Labute approximate surface area is 148 Å². The molecular weight excluding hydrogens is 346 g/mol. The van der Waals surface area contributed by atoms with Crippen LogP contribution in [0.3, 0.4) is 0 Å². The van der Waals surface area contributed by atoms with Crippen LogP contribution in [0, 0.1) is 0 Å². The molecule has 0 atom stereocenters. The molecule has 0 bridgehead atoms. The molecule has 2 rings (SSSR count). The molecule has 1 aromatic carbocycles. The molecule has 134 valence electrons. The first-order valence-corrected chi connectivity index (χ1v) is 8.34. The van der Waals surface area contributed by atoms with Crippen molar-refractivity contribution < 1.29 is 14.3 Å². The lowest BCUT2D eigenvalue weighted by Gasteiger charge is -2.10. The van der Waals surface area contributed by atoms with Gasteiger partial charge in [0.2, 0.25) is 11.9 Å². The van der Waals surface area contributed by atoms with Crippen molar-refractivity contribution in [1.82, 2.24) is 20.3 Å². The molecule has 0 aliphatic rings. The van der Waals surface area contributed by atoms with Gasteiger partial charge in [0.25, 0.3) is 0 Å². The van der Waals surface area contributed by atoms with Crippen molar-refractivity contribution >= 4 is 23.6 Å². The van der Waals surface area contributed by atoms with E-state index in [1.165, 1.54) is 0 Å². The fourth-order valence-electron chi connectivity index (χ4n) is 2.01. The Morgan fingerprint density at radius 3 is 2.72 bits per heavy atom. The Hall–Kier alpha value is -2.75. The van der Waals surface area contributed by atoms with E-state index in [0.717, 1.165) is 17.3 Å². The lowest BCUT2D eigenvalue weighted by atomic mass is 10.1. The van der Waals surface area contributed by atoms with Gasteiger partial charge in [-0.05, 0) is 24.1 Å². The molecule has 9 nitrogen and oxygen atoms in total. The zero-order valence-corrected chi connectivity index (χ0v) is 14.7. The third kappa shape index (κ3) is 5.68. The molecule has 0 aliphatic heterocycles. The Morgan fingerprint density at radius 2 is 2.04 bits per heavy atom. The van der Waals surface area contributed by atoms with E-state index in [1.54, 1.807) is 14.2 Å². The van der Waals surface area contributed by atoms with E-state index < -0.39 is 5.69 Å². The first-order chi connectivity index (χ1) is 12.0. The zero-order valence-electron chi connectivity index (χ0n) is 13.9. The number of methoxy groups -OCH3 is 2. The summed E-state index contributed by atoms with van der Waals surface area (Å²) in [6.07, 6.45) is 0.644. The topological polar surface area (TPSA) is 132 Å². The van der Waals surface area contributed by atoms with Crippen molar-refractivity contribution in [3.63, 3.8) is 0 Å². The molecule has 0 saturated heterocycles. The highest BCUT2D eigenvalue weighted by Gasteiger charge is 2.08. The number of nitrogens with zero attached hydrogens (tertiary/aromatic N) is 2. The van der Waals surface area contributed by atoms with Gasteiger partial charge in [-0.1, -0.05) is 17.8 Å². The molecule has 0 unspecified atom stereocenters. The third-order valence-electron chi connectivity index (χ3n) is 3.16. The summed E-state index contributed by atoms with van der Waals surface area (Å²) >= 11 is 1.04. The monoisotopic (exact) mass is 365 g/mol. The highest BCUT2D eigenvalue weighted by molar-refractivity contribution is 7.99. The van der Waals surface area contributed by atoms with Crippen LogP contribution in [0.1, 0.15) is 5.56 Å². The molecule has 1 heterocycles. The minimum absolute atomic E-state index is 0.0311. The van der Waals surface area contributed by atoms with E-state index in [2.05, 4.69) is 20.3 Å². The van der Waals surface area contributed by atoms with Gasteiger partial charge >= 0.3 is 5.69 Å². The number of anilines is 1. The molecule has 1 amide bonds. The molecule has 0 saturated carbocycles. The van der Waals surface area contributed by atoms with Crippen LogP contribution in [-0.2, 0) is 11.2 Å². The van der Waals surface area contributed by atoms with Crippen LogP contribution in [0.5, 0.6) is 11.5 Å². The number of carbonyl (C=O) groups is 1. The first-order valence-electron chi connectivity index (χ1n) is 7.36. The number of nitrogen functional groups attached to an aromatic ring is 1. The molecule has 4 N–H and O–H groups in total. The number of rotatable bonds is 8. The quantitative estimate of drug-likeness (QED) is 0.566.